The SMILES string of the molecule is CCC(C)CCCCCCCCC(=O)OC[C@H](COP(=O)(O)OC[C@H](O)COP(=O)(O)OC[C@@H](COC(=O)CCCCCCCCCCCCCCCC(C)C)OC(=O)CCCCCCCCCCCCCCC(C)C)OC(=O)CCCCCCCCCCCCCC(C)C. The van der Waals surface area contributed by atoms with Crippen LogP contribution in [0.25, 0.3) is 0 Å². The second kappa shape index (κ2) is 65.4. The Morgan fingerprint density at radius 1 is 0.295 bits per heavy atom. The molecule has 564 valence electrons. The molecule has 3 N–H and O–H groups in total. The van der Waals surface area contributed by atoms with Crippen molar-refractivity contribution in [2.75, 3.05) is 39.6 Å². The first-order chi connectivity index (χ1) is 45.6. The number of hydrogen-bond donors (Lipinski definition) is 3. The Labute approximate surface area is 581 Å². The molecular formula is C76H148O17P2. The van der Waals surface area contributed by atoms with Crippen LogP contribution >= 0.6 is 15.6 Å². The van der Waals surface area contributed by atoms with E-state index in [9.17, 15) is 43.2 Å². The van der Waals surface area contributed by atoms with Gasteiger partial charge in [-0.1, -0.05) is 331 Å². The first-order valence-electron chi connectivity index (χ1n) is 39.2. The maximum atomic E-state index is 13.1. The van der Waals surface area contributed by atoms with Crippen LogP contribution in [0.5, 0.6) is 0 Å². The molecule has 0 aromatic carbocycles. The van der Waals surface area contributed by atoms with Crippen LogP contribution in [0.15, 0.2) is 0 Å². The van der Waals surface area contributed by atoms with Crippen LogP contribution < -0.4 is 0 Å². The molecule has 0 bridgehead atoms. The second-order valence-corrected chi connectivity index (χ2v) is 32.0. The zero-order chi connectivity index (χ0) is 70.3. The van der Waals surface area contributed by atoms with Gasteiger partial charge in [0.05, 0.1) is 26.4 Å². The number of phosphoric ester groups is 2. The van der Waals surface area contributed by atoms with Gasteiger partial charge in [0.2, 0.25) is 0 Å². The van der Waals surface area contributed by atoms with Crippen LogP contribution in [0.3, 0.4) is 0 Å². The maximum absolute atomic E-state index is 13.1. The highest BCUT2D eigenvalue weighted by atomic mass is 31.2. The van der Waals surface area contributed by atoms with Crippen molar-refractivity contribution >= 4 is 39.5 Å². The minimum atomic E-state index is -4.96. The molecule has 0 aromatic heterocycles. The molecule has 95 heavy (non-hydrogen) atoms. The summed E-state index contributed by atoms with van der Waals surface area (Å²) in [5.74, 6) is 0.943. The van der Waals surface area contributed by atoms with E-state index in [1.165, 1.54) is 180 Å². The lowest BCUT2D eigenvalue weighted by Gasteiger charge is -2.21. The Kier molecular flexibility index (Phi) is 64.0. The standard InChI is InChI=1S/C76H148O17P2/c1-9-69(8)55-47-39-34-35-41-49-57-74(79)87-63-72(93-76(81)59-51-43-33-27-21-15-18-24-30-38-46-54-68(6)7)65-91-95(84,85)89-61-70(77)60-88-94(82,83)90-64-71(92-75(80)58-50-42-32-26-20-14-13-17-23-29-37-45-53-67(4)5)62-86-73(78)56-48-40-31-25-19-12-10-11-16-22-28-36-44-52-66(2)3/h66-72,77H,9-65H2,1-8H3,(H,82,83)(H,84,85)/t69?,70-,71-,72-/m1/s1. The first kappa shape index (κ1) is 93.1. The van der Waals surface area contributed by atoms with E-state index in [1.54, 1.807) is 0 Å². The molecule has 0 spiro atoms. The molecule has 0 aliphatic rings. The van der Waals surface area contributed by atoms with E-state index in [1.807, 2.05) is 0 Å². The van der Waals surface area contributed by atoms with E-state index in [2.05, 4.69) is 55.4 Å². The number of hydrogen-bond acceptors (Lipinski definition) is 15. The molecule has 0 fully saturated rings. The largest absolute Gasteiger partial charge is 0.472 e. The number of rotatable bonds is 73. The van der Waals surface area contributed by atoms with Gasteiger partial charge in [-0.15, -0.1) is 0 Å². The summed E-state index contributed by atoms with van der Waals surface area (Å²) in [6, 6.07) is 0. The first-order valence-corrected chi connectivity index (χ1v) is 42.2. The van der Waals surface area contributed by atoms with Crippen molar-refractivity contribution in [3.8, 4) is 0 Å². The lowest BCUT2D eigenvalue weighted by atomic mass is 10.00. The summed E-state index contributed by atoms with van der Waals surface area (Å²) in [6.45, 7) is 14.2. The van der Waals surface area contributed by atoms with Gasteiger partial charge in [0, 0.05) is 25.7 Å². The summed E-state index contributed by atoms with van der Waals surface area (Å²) in [4.78, 5) is 72.8. The van der Waals surface area contributed by atoms with E-state index in [0.29, 0.717) is 25.7 Å². The van der Waals surface area contributed by atoms with Crippen molar-refractivity contribution in [2.45, 2.75) is 401 Å². The predicted octanol–water partition coefficient (Wildman–Crippen LogP) is 22.0. The number of unbranched alkanes of at least 4 members (excludes halogenated alkanes) is 38. The molecule has 0 saturated carbocycles. The van der Waals surface area contributed by atoms with Gasteiger partial charge in [-0.2, -0.15) is 0 Å². The molecule has 0 aromatic rings. The van der Waals surface area contributed by atoms with Crippen molar-refractivity contribution in [2.24, 2.45) is 23.7 Å². The van der Waals surface area contributed by atoms with Gasteiger partial charge >= 0.3 is 39.5 Å². The molecule has 19 heteroatoms. The fraction of sp³-hybridized carbons (Fsp3) is 0.947. The molecule has 0 saturated heterocycles. The molecule has 0 amide bonds. The fourth-order valence-corrected chi connectivity index (χ4v) is 13.1. The van der Waals surface area contributed by atoms with Crippen LogP contribution in [0.4, 0.5) is 0 Å². The normalized spacial score (nSPS) is 14.4. The summed E-state index contributed by atoms with van der Waals surface area (Å²) in [5.41, 5.74) is 0. The maximum Gasteiger partial charge on any atom is 0.472 e. The number of ether oxygens (including phenoxy) is 4. The van der Waals surface area contributed by atoms with Gasteiger partial charge in [-0.05, 0) is 49.4 Å². The van der Waals surface area contributed by atoms with Crippen molar-refractivity contribution in [3.05, 3.63) is 0 Å². The van der Waals surface area contributed by atoms with E-state index < -0.39 is 97.5 Å². The Balaban J connectivity index is 5.26. The van der Waals surface area contributed by atoms with Gasteiger partial charge in [0.15, 0.2) is 12.2 Å². The van der Waals surface area contributed by atoms with E-state index in [4.69, 9.17) is 37.0 Å². The third-order valence-corrected chi connectivity index (χ3v) is 19.8. The molecule has 6 atom stereocenters. The van der Waals surface area contributed by atoms with Crippen molar-refractivity contribution in [1.82, 2.24) is 0 Å². The monoisotopic (exact) mass is 1400 g/mol. The molecule has 17 nitrogen and oxygen atoms in total. The van der Waals surface area contributed by atoms with Gasteiger partial charge in [-0.3, -0.25) is 37.3 Å². The Morgan fingerprint density at radius 3 is 0.747 bits per heavy atom. The molecule has 3 unspecified atom stereocenters. The summed E-state index contributed by atoms with van der Waals surface area (Å²) in [7, 11) is -9.91. The fourth-order valence-electron chi connectivity index (χ4n) is 11.5. The lowest BCUT2D eigenvalue weighted by Crippen LogP contribution is -2.30. The highest BCUT2D eigenvalue weighted by molar-refractivity contribution is 7.47. The van der Waals surface area contributed by atoms with Crippen molar-refractivity contribution < 1.29 is 80.2 Å². The minimum absolute atomic E-state index is 0.105. The van der Waals surface area contributed by atoms with Crippen LogP contribution in [-0.2, 0) is 65.4 Å². The molecule has 0 aliphatic heterocycles. The average Bonchev–Trinajstić information content (AvgIpc) is 1.28. The van der Waals surface area contributed by atoms with Gasteiger partial charge in [-0.25, -0.2) is 9.13 Å². The summed E-state index contributed by atoms with van der Waals surface area (Å²) >= 11 is 0. The van der Waals surface area contributed by atoms with Gasteiger partial charge < -0.3 is 33.8 Å². The quantitative estimate of drug-likeness (QED) is 0.0222. The number of aliphatic hydroxyl groups is 1. The topological polar surface area (TPSA) is 237 Å². The molecule has 0 radical (unpaired) electrons. The summed E-state index contributed by atoms with van der Waals surface area (Å²) in [5, 5.41) is 10.6. The van der Waals surface area contributed by atoms with E-state index >= 15 is 0 Å². The number of carbonyl (C=O) groups excluding carboxylic acids is 4. The molecule has 0 aliphatic carbocycles. The van der Waals surface area contributed by atoms with E-state index in [-0.39, 0.29) is 25.7 Å². The number of esters is 4. The summed E-state index contributed by atoms with van der Waals surface area (Å²) < 4.78 is 68.5. The van der Waals surface area contributed by atoms with Crippen molar-refractivity contribution in [3.63, 3.8) is 0 Å². The molecule has 0 rings (SSSR count). The highest BCUT2D eigenvalue weighted by Crippen LogP contribution is 2.45. The zero-order valence-electron chi connectivity index (χ0n) is 62.3. The van der Waals surface area contributed by atoms with Crippen LogP contribution in [0.2, 0.25) is 0 Å². The summed E-state index contributed by atoms with van der Waals surface area (Å²) in [6.07, 6.45) is 49.9. The zero-order valence-corrected chi connectivity index (χ0v) is 64.1. The second-order valence-electron chi connectivity index (χ2n) is 29.1. The van der Waals surface area contributed by atoms with Crippen LogP contribution in [0.1, 0.15) is 383 Å². The van der Waals surface area contributed by atoms with Gasteiger partial charge in [0.25, 0.3) is 0 Å². The Bertz CT molecular complexity index is 1870. The minimum Gasteiger partial charge on any atom is -0.462 e. The third kappa shape index (κ3) is 69.0. The van der Waals surface area contributed by atoms with Crippen LogP contribution in [-0.4, -0.2) is 96.7 Å². The van der Waals surface area contributed by atoms with Crippen molar-refractivity contribution in [1.29, 1.82) is 0 Å². The Hall–Kier alpha value is -1.94. The smallest absolute Gasteiger partial charge is 0.462 e. The number of carbonyl (C=O) groups is 4. The lowest BCUT2D eigenvalue weighted by molar-refractivity contribution is -0.161. The molecule has 0 heterocycles. The molecular weight excluding hydrogens is 1250 g/mol. The number of phosphoric acid groups is 2. The average molecular weight is 1400 g/mol. The number of aliphatic hydroxyl groups excluding tert-OH is 1. The highest BCUT2D eigenvalue weighted by Gasteiger charge is 2.30. The van der Waals surface area contributed by atoms with Gasteiger partial charge in [0.1, 0.15) is 19.3 Å². The van der Waals surface area contributed by atoms with Crippen LogP contribution in [0, 0.1) is 23.7 Å². The Morgan fingerprint density at radius 2 is 0.505 bits per heavy atom. The predicted molar refractivity (Wildman–Crippen MR) is 386 cm³/mol. The van der Waals surface area contributed by atoms with E-state index in [0.717, 1.165) is 120 Å². The third-order valence-electron chi connectivity index (χ3n) is 17.9.